The molecule has 0 aromatic carbocycles. The average molecular weight is 269 g/mol. The van der Waals surface area contributed by atoms with Crippen molar-refractivity contribution in [3.8, 4) is 0 Å². The van der Waals surface area contributed by atoms with E-state index in [2.05, 4.69) is 17.2 Å². The van der Waals surface area contributed by atoms with Crippen molar-refractivity contribution < 1.29 is 5.11 Å². The third-order valence-corrected chi connectivity index (χ3v) is 4.15. The highest BCUT2D eigenvalue weighted by Gasteiger charge is 2.34. The number of hydrogen-bond donors (Lipinski definition) is 2. The van der Waals surface area contributed by atoms with E-state index in [-0.39, 0.29) is 11.5 Å². The number of hydrogen-bond acceptors (Lipinski definition) is 3. The third kappa shape index (κ3) is 3.44. The molecule has 1 saturated carbocycles. The van der Waals surface area contributed by atoms with Crippen LogP contribution in [0.4, 0.5) is 0 Å². The maximum Gasteiger partial charge on any atom is 0.129 e. The molecule has 0 radical (unpaired) electrons. The largest absolute Gasteiger partial charge is 0.393 e. The molecule has 3 nitrogen and oxygen atoms in total. The van der Waals surface area contributed by atoms with E-state index in [9.17, 15) is 5.11 Å². The van der Waals surface area contributed by atoms with Crippen molar-refractivity contribution >= 4 is 11.6 Å². The van der Waals surface area contributed by atoms with Crippen LogP contribution in [-0.2, 0) is 6.54 Å². The molecule has 2 N–H and O–H groups in total. The van der Waals surface area contributed by atoms with Crippen LogP contribution in [-0.4, -0.2) is 22.7 Å². The number of aromatic nitrogens is 1. The van der Waals surface area contributed by atoms with E-state index in [0.717, 1.165) is 37.9 Å². The predicted molar refractivity (Wildman–Crippen MR) is 73.5 cm³/mol. The summed E-state index contributed by atoms with van der Waals surface area (Å²) < 4.78 is 0. The lowest BCUT2D eigenvalue weighted by molar-refractivity contribution is 0.00115. The first-order chi connectivity index (χ1) is 8.60. The molecule has 0 spiro atoms. The maximum absolute atomic E-state index is 10.1. The Morgan fingerprint density at radius 2 is 2.33 bits per heavy atom. The fraction of sp³-hybridized carbons (Fsp3) is 0.643. The zero-order valence-corrected chi connectivity index (χ0v) is 11.6. The minimum atomic E-state index is -0.179. The number of nitrogens with zero attached hydrogens (tertiary/aromatic N) is 1. The highest BCUT2D eigenvalue weighted by atomic mass is 35.5. The highest BCUT2D eigenvalue weighted by molar-refractivity contribution is 6.29. The Morgan fingerprint density at radius 1 is 1.50 bits per heavy atom. The molecule has 2 atom stereocenters. The van der Waals surface area contributed by atoms with Gasteiger partial charge in [-0.05, 0) is 24.5 Å². The fourth-order valence-corrected chi connectivity index (χ4v) is 2.70. The zero-order chi connectivity index (χ0) is 13.0. The fourth-order valence-electron chi connectivity index (χ4n) is 2.59. The van der Waals surface area contributed by atoms with Crippen LogP contribution < -0.4 is 5.32 Å². The Bertz CT molecular complexity index is 382. The molecule has 1 aliphatic rings. The van der Waals surface area contributed by atoms with Gasteiger partial charge in [-0.3, -0.25) is 0 Å². The molecule has 18 heavy (non-hydrogen) atoms. The van der Waals surface area contributed by atoms with Crippen molar-refractivity contribution in [2.75, 3.05) is 6.54 Å². The molecular formula is C14H21ClN2O. The van der Waals surface area contributed by atoms with Crippen molar-refractivity contribution in [1.29, 1.82) is 0 Å². The standard InChI is InChI=1S/C14H21ClN2O/c1-14(7-3-2-4-12(14)18)10-16-8-11-5-6-13(15)17-9-11/h5-6,9,12,16,18H,2-4,7-8,10H2,1H3. The number of aliphatic hydroxyl groups is 1. The topological polar surface area (TPSA) is 45.2 Å². The summed E-state index contributed by atoms with van der Waals surface area (Å²) in [7, 11) is 0. The normalized spacial score (nSPS) is 28.3. The SMILES string of the molecule is CC1(CNCc2ccc(Cl)nc2)CCCCC1O. The summed E-state index contributed by atoms with van der Waals surface area (Å²) >= 11 is 5.74. The minimum Gasteiger partial charge on any atom is -0.393 e. The average Bonchev–Trinajstić information content (AvgIpc) is 2.36. The second kappa shape index (κ2) is 6.00. The van der Waals surface area contributed by atoms with Gasteiger partial charge < -0.3 is 10.4 Å². The number of rotatable bonds is 4. The summed E-state index contributed by atoms with van der Waals surface area (Å²) in [4.78, 5) is 4.05. The molecule has 1 fully saturated rings. The maximum atomic E-state index is 10.1. The van der Waals surface area contributed by atoms with Crippen LogP contribution in [0.15, 0.2) is 18.3 Å². The molecular weight excluding hydrogens is 248 g/mol. The molecule has 1 aliphatic carbocycles. The third-order valence-electron chi connectivity index (χ3n) is 3.93. The van der Waals surface area contributed by atoms with E-state index in [1.54, 1.807) is 12.3 Å². The minimum absolute atomic E-state index is 0.0120. The van der Waals surface area contributed by atoms with Gasteiger partial charge >= 0.3 is 0 Å². The highest BCUT2D eigenvalue weighted by Crippen LogP contribution is 2.35. The lowest BCUT2D eigenvalue weighted by atomic mass is 9.73. The molecule has 2 rings (SSSR count). The van der Waals surface area contributed by atoms with E-state index < -0.39 is 0 Å². The Kier molecular flexibility index (Phi) is 4.60. The molecule has 4 heteroatoms. The summed E-state index contributed by atoms with van der Waals surface area (Å²) in [6, 6.07) is 3.78. The van der Waals surface area contributed by atoms with E-state index >= 15 is 0 Å². The van der Waals surface area contributed by atoms with Gasteiger partial charge in [0, 0.05) is 24.7 Å². The van der Waals surface area contributed by atoms with E-state index in [0.29, 0.717) is 5.15 Å². The van der Waals surface area contributed by atoms with Crippen LogP contribution in [0.3, 0.4) is 0 Å². The summed E-state index contributed by atoms with van der Waals surface area (Å²) in [5, 5.41) is 14.0. The van der Waals surface area contributed by atoms with Gasteiger partial charge in [0.2, 0.25) is 0 Å². The van der Waals surface area contributed by atoms with Gasteiger partial charge in [0.15, 0.2) is 0 Å². The molecule has 0 aliphatic heterocycles. The van der Waals surface area contributed by atoms with Gasteiger partial charge in [-0.25, -0.2) is 4.98 Å². The number of nitrogens with one attached hydrogen (secondary N) is 1. The molecule has 0 bridgehead atoms. The van der Waals surface area contributed by atoms with Crippen LogP contribution in [0, 0.1) is 5.41 Å². The van der Waals surface area contributed by atoms with Crippen molar-refractivity contribution in [2.24, 2.45) is 5.41 Å². The first-order valence-corrected chi connectivity index (χ1v) is 6.97. The quantitative estimate of drug-likeness (QED) is 0.826. The van der Waals surface area contributed by atoms with Crippen LogP contribution in [0.5, 0.6) is 0 Å². The zero-order valence-electron chi connectivity index (χ0n) is 10.8. The van der Waals surface area contributed by atoms with Crippen molar-refractivity contribution in [3.63, 3.8) is 0 Å². The Balaban J connectivity index is 1.82. The molecule has 0 amide bonds. The molecule has 1 aromatic rings. The Morgan fingerprint density at radius 3 is 3.00 bits per heavy atom. The summed E-state index contributed by atoms with van der Waals surface area (Å²) in [5.74, 6) is 0. The van der Waals surface area contributed by atoms with E-state index in [1.807, 2.05) is 6.07 Å². The lowest BCUT2D eigenvalue weighted by Gasteiger charge is -2.38. The molecule has 1 aromatic heterocycles. The van der Waals surface area contributed by atoms with Gasteiger partial charge in [-0.15, -0.1) is 0 Å². The number of pyridine rings is 1. The molecule has 2 unspecified atom stereocenters. The van der Waals surface area contributed by atoms with Crippen LogP contribution in [0.1, 0.15) is 38.2 Å². The van der Waals surface area contributed by atoms with Crippen LogP contribution in [0.25, 0.3) is 0 Å². The first kappa shape index (κ1) is 13.8. The molecule has 100 valence electrons. The van der Waals surface area contributed by atoms with Gasteiger partial charge in [0.1, 0.15) is 5.15 Å². The first-order valence-electron chi connectivity index (χ1n) is 6.59. The summed E-state index contributed by atoms with van der Waals surface area (Å²) in [6.07, 6.45) is 6.01. The van der Waals surface area contributed by atoms with Crippen LogP contribution in [0.2, 0.25) is 5.15 Å². The predicted octanol–water partition coefficient (Wildman–Crippen LogP) is 2.77. The van der Waals surface area contributed by atoms with Gasteiger partial charge in [-0.1, -0.05) is 37.4 Å². The van der Waals surface area contributed by atoms with Gasteiger partial charge in [0.25, 0.3) is 0 Å². The van der Waals surface area contributed by atoms with E-state index in [4.69, 9.17) is 11.6 Å². The van der Waals surface area contributed by atoms with Crippen molar-refractivity contribution in [2.45, 2.75) is 45.3 Å². The lowest BCUT2D eigenvalue weighted by Crippen LogP contribution is -2.43. The van der Waals surface area contributed by atoms with Crippen molar-refractivity contribution in [1.82, 2.24) is 10.3 Å². The Labute approximate surface area is 114 Å². The summed E-state index contributed by atoms with van der Waals surface area (Å²) in [6.45, 7) is 3.78. The summed E-state index contributed by atoms with van der Waals surface area (Å²) in [5.41, 5.74) is 1.13. The van der Waals surface area contributed by atoms with Gasteiger partial charge in [-0.2, -0.15) is 0 Å². The molecule has 1 heterocycles. The van der Waals surface area contributed by atoms with Gasteiger partial charge in [0.05, 0.1) is 6.10 Å². The van der Waals surface area contributed by atoms with Crippen LogP contribution >= 0.6 is 11.6 Å². The van der Waals surface area contributed by atoms with E-state index in [1.165, 1.54) is 6.42 Å². The Hall–Kier alpha value is -0.640. The number of aliphatic hydroxyl groups excluding tert-OH is 1. The molecule has 0 saturated heterocycles. The smallest absolute Gasteiger partial charge is 0.129 e. The second-order valence-corrected chi connectivity index (χ2v) is 5.90. The second-order valence-electron chi connectivity index (χ2n) is 5.51. The monoisotopic (exact) mass is 268 g/mol. The number of halogens is 1. The van der Waals surface area contributed by atoms with Crippen molar-refractivity contribution in [3.05, 3.63) is 29.0 Å².